The van der Waals surface area contributed by atoms with Crippen LogP contribution in [0, 0.1) is 18.2 Å². The van der Waals surface area contributed by atoms with Gasteiger partial charge in [-0.25, -0.2) is 4.39 Å². The number of hydrogen-bond acceptors (Lipinski definition) is 6. The van der Waals surface area contributed by atoms with Crippen LogP contribution in [0.25, 0.3) is 27.4 Å². The molecule has 41 heavy (non-hydrogen) atoms. The van der Waals surface area contributed by atoms with Crippen LogP contribution in [0.1, 0.15) is 78.7 Å². The summed E-state index contributed by atoms with van der Waals surface area (Å²) in [6.45, 7) is 2.86. The molecule has 0 saturated carbocycles. The summed E-state index contributed by atoms with van der Waals surface area (Å²) in [5, 5.41) is 11.8. The molecule has 1 fully saturated rings. The van der Waals surface area contributed by atoms with Crippen molar-refractivity contribution in [3.8, 4) is 29.8 Å². The Bertz CT molecular complexity index is 1770. The maximum absolute atomic E-state index is 14.8. The predicted molar refractivity (Wildman–Crippen MR) is 161 cm³/mol. The highest BCUT2D eigenvalue weighted by molar-refractivity contribution is 5.97. The number of nitrogens with zero attached hydrogens (tertiary/aromatic N) is 4. The maximum atomic E-state index is 14.8. The summed E-state index contributed by atoms with van der Waals surface area (Å²) in [7, 11) is 1.86. The van der Waals surface area contributed by atoms with E-state index in [9.17, 15) is 14.3 Å². The minimum Gasteiger partial charge on any atom is -0.508 e. The summed E-state index contributed by atoms with van der Waals surface area (Å²) < 4.78 is 39.3. The van der Waals surface area contributed by atoms with Gasteiger partial charge in [0.05, 0.1) is 19.7 Å². The molecule has 0 radical (unpaired) electrons. The number of phenolic OH excluding ortho intramolecular Hbond substituents is 1. The van der Waals surface area contributed by atoms with E-state index in [0.29, 0.717) is 28.3 Å². The number of hydrogen-bond donors (Lipinski definition) is 1. The molecule has 1 aliphatic heterocycles. The van der Waals surface area contributed by atoms with E-state index < -0.39 is 24.0 Å². The number of likely N-dealkylation sites (N-methyl/N-ethyl adjacent to an activating group) is 1. The third-order valence-electron chi connectivity index (χ3n) is 7.97. The summed E-state index contributed by atoms with van der Waals surface area (Å²) in [4.78, 5) is 25.2. The van der Waals surface area contributed by atoms with Crippen LogP contribution in [0.2, 0.25) is 0 Å². The molecule has 2 aromatic carbocycles. The van der Waals surface area contributed by atoms with Gasteiger partial charge in [-0.15, -0.1) is 6.42 Å². The van der Waals surface area contributed by atoms with Crippen LogP contribution in [0.4, 0.5) is 4.39 Å². The minimum atomic E-state index is -2.09. The summed E-state index contributed by atoms with van der Waals surface area (Å²) in [6.07, 6.45) is 13.8. The van der Waals surface area contributed by atoms with Gasteiger partial charge in [0.2, 0.25) is 0 Å². The average molecular weight is 559 g/mol. The smallest absolute Gasteiger partial charge is 0.317 e. The first-order valence-corrected chi connectivity index (χ1v) is 14.3. The van der Waals surface area contributed by atoms with Gasteiger partial charge >= 0.3 is 6.01 Å². The Hall–Kier alpha value is -3.96. The highest BCUT2D eigenvalue weighted by Gasteiger charge is 2.24. The lowest BCUT2D eigenvalue weighted by Gasteiger charge is -2.20. The molecule has 2 atom stereocenters. The van der Waals surface area contributed by atoms with Crippen molar-refractivity contribution in [3.05, 3.63) is 64.0 Å². The molecular weight excluding hydrogens is 519 g/mol. The summed E-state index contributed by atoms with van der Waals surface area (Å²) in [5.41, 5.74) is 0.261. The topological polar surface area (TPSA) is 80.5 Å². The third kappa shape index (κ3) is 5.77. The number of benzene rings is 2. The Morgan fingerprint density at radius 3 is 2.83 bits per heavy atom. The average Bonchev–Trinajstić information content (AvgIpc) is 3.42. The Labute approximate surface area is 242 Å². The fourth-order valence-corrected chi connectivity index (χ4v) is 5.66. The number of halogens is 1. The summed E-state index contributed by atoms with van der Waals surface area (Å²) in [6, 6.07) is 6.58. The lowest BCUT2D eigenvalue weighted by molar-refractivity contribution is 0.187. The van der Waals surface area contributed by atoms with E-state index in [4.69, 9.17) is 13.9 Å². The van der Waals surface area contributed by atoms with Crippen molar-refractivity contribution in [2.45, 2.75) is 70.8 Å². The number of terminal acetylenes is 1. The summed E-state index contributed by atoms with van der Waals surface area (Å²) >= 11 is 0. The standard InChI is InChI=1S/C33H37FN4O3/c1-5-7-8-9-11-21(3)30-26-15-17-38(28-19-24(39)18-22-13-14-27(34)25(6-2)29(22)28)32(40)31(26)36-33(35-30)41-20-23-12-10-16-37(23)4/h2,13-15,17-19,21,23,39H,5,7-12,16,20H2,1,3-4H3/t21?,23-/m0/s1/i20D2. The Balaban J connectivity index is 1.69. The van der Waals surface area contributed by atoms with Crippen molar-refractivity contribution in [2.24, 2.45) is 0 Å². The number of aromatic nitrogens is 3. The van der Waals surface area contributed by atoms with Crippen LogP contribution in [0.15, 0.2) is 41.3 Å². The second-order valence-electron chi connectivity index (χ2n) is 10.9. The SMILES string of the molecule is [2H]C([2H])(Oc1nc(C(C)CCCCCC)c2ccn(-c3cc(O)cc4ccc(F)c(C#C)c34)c(=O)c2n1)[C@@H]1CCCN1C. The third-order valence-corrected chi connectivity index (χ3v) is 7.97. The Morgan fingerprint density at radius 2 is 2.10 bits per heavy atom. The number of pyridine rings is 1. The number of unbranched alkanes of at least 4 members (excludes halogenated alkanes) is 3. The predicted octanol–water partition coefficient (Wildman–Crippen LogP) is 6.31. The van der Waals surface area contributed by atoms with Crippen LogP contribution in [-0.2, 0) is 0 Å². The van der Waals surface area contributed by atoms with E-state index in [1.807, 2.05) is 18.9 Å². The fraction of sp³-hybridized carbons (Fsp3) is 0.424. The minimum absolute atomic E-state index is 0.0264. The van der Waals surface area contributed by atoms with Crippen molar-refractivity contribution in [2.75, 3.05) is 20.2 Å². The van der Waals surface area contributed by atoms with Gasteiger partial charge in [0.15, 0.2) is 0 Å². The fourth-order valence-electron chi connectivity index (χ4n) is 5.66. The second kappa shape index (κ2) is 12.3. The number of phenols is 1. The molecule has 5 rings (SSSR count). The molecule has 1 N–H and O–H groups in total. The van der Waals surface area contributed by atoms with Crippen molar-refractivity contribution in [3.63, 3.8) is 0 Å². The normalized spacial score (nSPS) is 17.4. The molecule has 1 unspecified atom stereocenters. The molecule has 214 valence electrons. The molecule has 0 bridgehead atoms. The van der Waals surface area contributed by atoms with Crippen LogP contribution in [0.5, 0.6) is 11.8 Å². The molecule has 3 heterocycles. The Morgan fingerprint density at radius 1 is 1.27 bits per heavy atom. The molecule has 0 spiro atoms. The van der Waals surface area contributed by atoms with Crippen molar-refractivity contribution in [1.29, 1.82) is 0 Å². The van der Waals surface area contributed by atoms with E-state index >= 15 is 0 Å². The maximum Gasteiger partial charge on any atom is 0.317 e. The molecule has 0 aliphatic carbocycles. The van der Waals surface area contributed by atoms with Gasteiger partial charge in [0.25, 0.3) is 5.56 Å². The van der Waals surface area contributed by atoms with E-state index in [0.717, 1.165) is 45.1 Å². The van der Waals surface area contributed by atoms with E-state index in [-0.39, 0.29) is 34.4 Å². The molecule has 2 aromatic heterocycles. The lowest BCUT2D eigenvalue weighted by Crippen LogP contribution is -2.31. The number of rotatable bonds is 10. The zero-order valence-electron chi connectivity index (χ0n) is 25.8. The van der Waals surface area contributed by atoms with Gasteiger partial charge in [-0.3, -0.25) is 9.36 Å². The highest BCUT2D eigenvalue weighted by Crippen LogP contribution is 2.33. The van der Waals surface area contributed by atoms with Crippen LogP contribution >= 0.6 is 0 Å². The lowest BCUT2D eigenvalue weighted by atomic mass is 9.96. The molecule has 0 amide bonds. The first-order valence-electron chi connectivity index (χ1n) is 15.3. The van der Waals surface area contributed by atoms with Gasteiger partial charge in [-0.2, -0.15) is 9.97 Å². The van der Waals surface area contributed by atoms with Gasteiger partial charge in [-0.1, -0.05) is 51.5 Å². The molecular formula is C33H37FN4O3. The van der Waals surface area contributed by atoms with E-state index in [1.54, 1.807) is 12.3 Å². The van der Waals surface area contributed by atoms with Crippen molar-refractivity contribution in [1.82, 2.24) is 19.4 Å². The highest BCUT2D eigenvalue weighted by atomic mass is 19.1. The van der Waals surface area contributed by atoms with Gasteiger partial charge in [-0.05, 0) is 62.4 Å². The summed E-state index contributed by atoms with van der Waals surface area (Å²) in [5.74, 6) is 1.59. The van der Waals surface area contributed by atoms with Crippen molar-refractivity contribution < 1.29 is 17.0 Å². The number of ether oxygens (including phenoxy) is 1. The Kier molecular flexibility index (Phi) is 7.78. The van der Waals surface area contributed by atoms with Crippen molar-refractivity contribution >= 4 is 21.7 Å². The number of aromatic hydroxyl groups is 1. The van der Waals surface area contributed by atoms with Crippen LogP contribution in [-0.4, -0.2) is 50.7 Å². The zero-order valence-corrected chi connectivity index (χ0v) is 23.8. The monoisotopic (exact) mass is 558 g/mol. The largest absolute Gasteiger partial charge is 0.508 e. The van der Waals surface area contributed by atoms with Gasteiger partial charge in [0, 0.05) is 29.1 Å². The molecule has 7 nitrogen and oxygen atoms in total. The van der Waals surface area contributed by atoms with E-state index in [2.05, 4.69) is 22.8 Å². The first-order chi connectivity index (χ1) is 20.6. The number of fused-ring (bicyclic) bond motifs is 2. The molecule has 1 saturated heterocycles. The van der Waals surface area contributed by atoms with Crippen LogP contribution < -0.4 is 10.3 Å². The van der Waals surface area contributed by atoms with Gasteiger partial charge < -0.3 is 14.7 Å². The number of likely N-dealkylation sites (tertiary alicyclic amines) is 1. The molecule has 8 heteroatoms. The second-order valence-corrected chi connectivity index (χ2v) is 10.9. The first kappa shape index (κ1) is 26.0. The van der Waals surface area contributed by atoms with E-state index in [1.165, 1.54) is 28.8 Å². The van der Waals surface area contributed by atoms with Gasteiger partial charge in [0.1, 0.15) is 23.6 Å². The quantitative estimate of drug-likeness (QED) is 0.182. The zero-order chi connectivity index (χ0) is 30.9. The molecule has 4 aromatic rings. The molecule has 1 aliphatic rings. The van der Waals surface area contributed by atoms with Crippen LogP contribution in [0.3, 0.4) is 0 Å².